The molecular formula is C15H22N2O3. The molecule has 0 aliphatic carbocycles. The minimum absolute atomic E-state index is 0.132. The molecule has 5 heteroatoms. The van der Waals surface area contributed by atoms with Crippen LogP contribution in [0.5, 0.6) is 0 Å². The van der Waals surface area contributed by atoms with Gasteiger partial charge in [0.05, 0.1) is 0 Å². The largest absolute Gasteiger partial charge is 0.478 e. The third-order valence-electron chi connectivity index (χ3n) is 3.94. The number of pyridine rings is 1. The summed E-state index contributed by atoms with van der Waals surface area (Å²) in [5.74, 6) is -0.461. The Bertz CT molecular complexity index is 508. The summed E-state index contributed by atoms with van der Waals surface area (Å²) in [5, 5.41) is 12.6. The lowest BCUT2D eigenvalue weighted by molar-refractivity contribution is 0.0299. The van der Waals surface area contributed by atoms with Gasteiger partial charge in [0.25, 0.3) is 0 Å². The van der Waals surface area contributed by atoms with Gasteiger partial charge in [0, 0.05) is 25.5 Å². The number of ether oxygens (including phenoxy) is 1. The van der Waals surface area contributed by atoms with E-state index in [0.717, 1.165) is 37.3 Å². The lowest BCUT2D eigenvalue weighted by Crippen LogP contribution is -2.33. The van der Waals surface area contributed by atoms with Crippen molar-refractivity contribution in [2.75, 3.05) is 25.1 Å². The maximum Gasteiger partial charge on any atom is 0.339 e. The van der Waals surface area contributed by atoms with E-state index in [1.807, 2.05) is 6.92 Å². The van der Waals surface area contributed by atoms with Crippen LogP contribution in [0.15, 0.2) is 6.07 Å². The molecule has 0 radical (unpaired) electrons. The highest BCUT2D eigenvalue weighted by molar-refractivity contribution is 5.94. The SMILES string of the molecule is Cc1cc(C)c(C(=O)O)c(NCC2(C)CCOCC2)n1. The molecule has 0 bridgehead atoms. The molecule has 2 rings (SSSR count). The highest BCUT2D eigenvalue weighted by atomic mass is 16.5. The zero-order chi connectivity index (χ0) is 14.8. The van der Waals surface area contributed by atoms with E-state index in [-0.39, 0.29) is 11.0 Å². The minimum Gasteiger partial charge on any atom is -0.478 e. The monoisotopic (exact) mass is 278 g/mol. The molecular weight excluding hydrogens is 256 g/mol. The molecule has 1 fully saturated rings. The van der Waals surface area contributed by atoms with Crippen LogP contribution in [0, 0.1) is 19.3 Å². The van der Waals surface area contributed by atoms with E-state index in [1.165, 1.54) is 0 Å². The number of aryl methyl sites for hydroxylation is 2. The number of nitrogens with zero attached hydrogens (tertiary/aromatic N) is 1. The van der Waals surface area contributed by atoms with Gasteiger partial charge in [-0.15, -0.1) is 0 Å². The highest BCUT2D eigenvalue weighted by Crippen LogP contribution is 2.30. The van der Waals surface area contributed by atoms with Crippen LogP contribution in [0.4, 0.5) is 5.82 Å². The maximum absolute atomic E-state index is 11.4. The maximum atomic E-state index is 11.4. The highest BCUT2D eigenvalue weighted by Gasteiger charge is 2.28. The number of hydrogen-bond acceptors (Lipinski definition) is 4. The fourth-order valence-corrected chi connectivity index (χ4v) is 2.57. The number of anilines is 1. The molecule has 2 N–H and O–H groups in total. The van der Waals surface area contributed by atoms with Gasteiger partial charge in [-0.05, 0) is 43.7 Å². The van der Waals surface area contributed by atoms with Crippen molar-refractivity contribution in [3.63, 3.8) is 0 Å². The van der Waals surface area contributed by atoms with Gasteiger partial charge < -0.3 is 15.2 Å². The van der Waals surface area contributed by atoms with Gasteiger partial charge in [0.2, 0.25) is 0 Å². The van der Waals surface area contributed by atoms with Crippen molar-refractivity contribution in [3.8, 4) is 0 Å². The molecule has 110 valence electrons. The second kappa shape index (κ2) is 5.79. The molecule has 0 aromatic carbocycles. The van der Waals surface area contributed by atoms with Crippen molar-refractivity contribution in [1.82, 2.24) is 4.98 Å². The summed E-state index contributed by atoms with van der Waals surface area (Å²) < 4.78 is 5.38. The number of carboxylic acid groups (broad SMARTS) is 1. The predicted octanol–water partition coefficient (Wildman–Crippen LogP) is 2.63. The number of aromatic nitrogens is 1. The fourth-order valence-electron chi connectivity index (χ4n) is 2.57. The van der Waals surface area contributed by atoms with Crippen LogP contribution in [0.25, 0.3) is 0 Å². The molecule has 0 atom stereocenters. The molecule has 1 saturated heterocycles. The summed E-state index contributed by atoms with van der Waals surface area (Å²) in [5.41, 5.74) is 1.97. The molecule has 0 spiro atoms. The molecule has 1 aromatic rings. The van der Waals surface area contributed by atoms with E-state index in [1.54, 1.807) is 13.0 Å². The third-order valence-corrected chi connectivity index (χ3v) is 3.94. The Morgan fingerprint density at radius 1 is 1.45 bits per heavy atom. The zero-order valence-electron chi connectivity index (χ0n) is 12.3. The zero-order valence-corrected chi connectivity index (χ0v) is 12.3. The molecule has 20 heavy (non-hydrogen) atoms. The van der Waals surface area contributed by atoms with E-state index in [2.05, 4.69) is 17.2 Å². The van der Waals surface area contributed by atoms with Crippen molar-refractivity contribution in [3.05, 3.63) is 22.9 Å². The van der Waals surface area contributed by atoms with E-state index in [4.69, 9.17) is 4.74 Å². The van der Waals surface area contributed by atoms with E-state index < -0.39 is 5.97 Å². The normalized spacial score (nSPS) is 17.8. The molecule has 0 unspecified atom stereocenters. The van der Waals surface area contributed by atoms with Crippen LogP contribution < -0.4 is 5.32 Å². The summed E-state index contributed by atoms with van der Waals surface area (Å²) in [4.78, 5) is 15.7. The standard InChI is InChI=1S/C15H22N2O3/c1-10-8-11(2)17-13(12(10)14(18)19)16-9-15(3)4-6-20-7-5-15/h8H,4-7,9H2,1-3H3,(H,16,17)(H,18,19). The van der Waals surface area contributed by atoms with Crippen molar-refractivity contribution in [2.45, 2.75) is 33.6 Å². The number of nitrogens with one attached hydrogen (secondary N) is 1. The molecule has 2 heterocycles. The molecule has 1 aliphatic heterocycles. The first-order valence-corrected chi connectivity index (χ1v) is 6.94. The second-order valence-electron chi connectivity index (χ2n) is 5.89. The lowest BCUT2D eigenvalue weighted by Gasteiger charge is -2.34. The van der Waals surface area contributed by atoms with Crippen molar-refractivity contribution >= 4 is 11.8 Å². The first kappa shape index (κ1) is 14.8. The summed E-state index contributed by atoms with van der Waals surface area (Å²) in [6.07, 6.45) is 1.96. The van der Waals surface area contributed by atoms with Crippen LogP contribution in [-0.4, -0.2) is 35.8 Å². The number of aromatic carboxylic acids is 1. The van der Waals surface area contributed by atoms with Gasteiger partial charge in [0.1, 0.15) is 11.4 Å². The predicted molar refractivity (Wildman–Crippen MR) is 77.3 cm³/mol. The first-order chi connectivity index (χ1) is 9.41. The number of rotatable bonds is 4. The number of carboxylic acids is 1. The Morgan fingerprint density at radius 3 is 2.70 bits per heavy atom. The van der Waals surface area contributed by atoms with E-state index in [0.29, 0.717) is 12.4 Å². The van der Waals surface area contributed by atoms with Gasteiger partial charge in [-0.25, -0.2) is 9.78 Å². The lowest BCUT2D eigenvalue weighted by atomic mass is 9.82. The first-order valence-electron chi connectivity index (χ1n) is 6.94. The Morgan fingerprint density at radius 2 is 2.10 bits per heavy atom. The van der Waals surface area contributed by atoms with Crippen LogP contribution in [0.1, 0.15) is 41.4 Å². The third kappa shape index (κ3) is 3.28. The van der Waals surface area contributed by atoms with Crippen LogP contribution in [0.2, 0.25) is 0 Å². The Hall–Kier alpha value is -1.62. The van der Waals surface area contributed by atoms with E-state index >= 15 is 0 Å². The van der Waals surface area contributed by atoms with Gasteiger partial charge in [-0.3, -0.25) is 0 Å². The average molecular weight is 278 g/mol. The summed E-state index contributed by atoms with van der Waals surface area (Å²) in [6.45, 7) is 8.13. The Labute approximate surface area is 119 Å². The van der Waals surface area contributed by atoms with E-state index in [9.17, 15) is 9.90 Å². The van der Waals surface area contributed by atoms with Crippen molar-refractivity contribution < 1.29 is 14.6 Å². The molecule has 5 nitrogen and oxygen atoms in total. The second-order valence-corrected chi connectivity index (χ2v) is 5.89. The minimum atomic E-state index is -0.936. The number of hydrogen-bond donors (Lipinski definition) is 2. The summed E-state index contributed by atoms with van der Waals surface area (Å²) in [6, 6.07) is 1.80. The smallest absolute Gasteiger partial charge is 0.339 e. The Balaban J connectivity index is 2.18. The summed E-state index contributed by atoms with van der Waals surface area (Å²) >= 11 is 0. The van der Waals surface area contributed by atoms with Crippen LogP contribution >= 0.6 is 0 Å². The molecule has 1 aromatic heterocycles. The van der Waals surface area contributed by atoms with Crippen molar-refractivity contribution in [1.29, 1.82) is 0 Å². The summed E-state index contributed by atoms with van der Waals surface area (Å²) in [7, 11) is 0. The van der Waals surface area contributed by atoms with Gasteiger partial charge >= 0.3 is 5.97 Å². The number of carbonyl (C=O) groups is 1. The van der Waals surface area contributed by atoms with Gasteiger partial charge in [0.15, 0.2) is 0 Å². The topological polar surface area (TPSA) is 71.5 Å². The van der Waals surface area contributed by atoms with Crippen LogP contribution in [0.3, 0.4) is 0 Å². The van der Waals surface area contributed by atoms with Gasteiger partial charge in [-0.1, -0.05) is 6.92 Å². The molecule has 1 aliphatic rings. The molecule has 0 amide bonds. The Kier molecular flexibility index (Phi) is 4.28. The van der Waals surface area contributed by atoms with Crippen molar-refractivity contribution in [2.24, 2.45) is 5.41 Å². The quantitative estimate of drug-likeness (QED) is 0.886. The average Bonchev–Trinajstić information content (AvgIpc) is 2.36. The van der Waals surface area contributed by atoms with Gasteiger partial charge in [-0.2, -0.15) is 0 Å². The van der Waals surface area contributed by atoms with Crippen LogP contribution in [-0.2, 0) is 4.74 Å². The fraction of sp³-hybridized carbons (Fsp3) is 0.600. The molecule has 0 saturated carbocycles.